The van der Waals surface area contributed by atoms with Crippen LogP contribution in [0.4, 0.5) is 5.69 Å². The number of fused-ring (bicyclic) bond motifs is 1. The lowest BCUT2D eigenvalue weighted by molar-refractivity contribution is 0.0694. The fourth-order valence-corrected chi connectivity index (χ4v) is 5.07. The molecule has 4 rings (SSSR count). The average Bonchev–Trinajstić information content (AvgIpc) is 2.71. The third kappa shape index (κ3) is 3.15. The Morgan fingerprint density at radius 1 is 0.929 bits per heavy atom. The number of carboxylic acid groups (broad SMARTS) is 1. The van der Waals surface area contributed by atoms with Crippen LogP contribution in [0.3, 0.4) is 0 Å². The van der Waals surface area contributed by atoms with Crippen molar-refractivity contribution < 1.29 is 18.3 Å². The molecule has 0 saturated carbocycles. The topological polar surface area (TPSA) is 86.7 Å². The molecule has 2 N–H and O–H groups in total. The summed E-state index contributed by atoms with van der Waals surface area (Å²) in [6.45, 7) is 0.114. The molecule has 6 nitrogen and oxygen atoms in total. The number of rotatable bonds is 4. The molecular formula is C21H18N2O4S. The Morgan fingerprint density at radius 3 is 2.32 bits per heavy atom. The van der Waals surface area contributed by atoms with Gasteiger partial charge in [0.1, 0.15) is 11.1 Å². The van der Waals surface area contributed by atoms with E-state index in [-0.39, 0.29) is 17.0 Å². The van der Waals surface area contributed by atoms with Gasteiger partial charge in [-0.3, -0.25) is 0 Å². The number of benzene rings is 3. The number of hydrogen-bond donors (Lipinski definition) is 2. The normalized spacial score (nSPS) is 18.1. The summed E-state index contributed by atoms with van der Waals surface area (Å²) >= 11 is 0. The average molecular weight is 394 g/mol. The number of sulfonamides is 1. The lowest BCUT2D eigenvalue weighted by Crippen LogP contribution is -2.42. The van der Waals surface area contributed by atoms with Gasteiger partial charge in [-0.2, -0.15) is 4.31 Å². The number of nitrogens with zero attached hydrogens (tertiary/aromatic N) is 1. The zero-order valence-corrected chi connectivity index (χ0v) is 15.6. The second kappa shape index (κ2) is 7.10. The Morgan fingerprint density at radius 2 is 1.57 bits per heavy atom. The lowest BCUT2D eigenvalue weighted by Gasteiger charge is -2.38. The van der Waals surface area contributed by atoms with Crippen molar-refractivity contribution in [2.24, 2.45) is 0 Å². The summed E-state index contributed by atoms with van der Waals surface area (Å²) < 4.78 is 28.1. The first-order valence-electron chi connectivity index (χ1n) is 8.72. The van der Waals surface area contributed by atoms with Gasteiger partial charge in [-0.25, -0.2) is 13.2 Å². The molecule has 0 amide bonds. The fraction of sp³-hybridized carbons (Fsp3) is 0.0952. The van der Waals surface area contributed by atoms with Crippen molar-refractivity contribution in [3.63, 3.8) is 0 Å². The molecule has 3 aromatic rings. The number of hydrogen-bond acceptors (Lipinski definition) is 4. The lowest BCUT2D eigenvalue weighted by atomic mass is 10.0. The van der Waals surface area contributed by atoms with Gasteiger partial charge in [0.2, 0.25) is 10.0 Å². The molecule has 1 atom stereocenters. The summed E-state index contributed by atoms with van der Waals surface area (Å²) in [5.74, 6) is -1.10. The van der Waals surface area contributed by atoms with Crippen LogP contribution in [-0.2, 0) is 16.6 Å². The number of aromatic carboxylic acids is 1. The molecule has 142 valence electrons. The minimum Gasteiger partial charge on any atom is -0.478 e. The Balaban J connectivity index is 1.89. The van der Waals surface area contributed by atoms with Crippen molar-refractivity contribution in [3.05, 3.63) is 95.6 Å². The van der Waals surface area contributed by atoms with Crippen LogP contribution in [0.15, 0.2) is 83.8 Å². The highest BCUT2D eigenvalue weighted by atomic mass is 32.2. The molecule has 1 aliphatic heterocycles. The zero-order chi connectivity index (χ0) is 19.7. The second-order valence-electron chi connectivity index (χ2n) is 6.47. The quantitative estimate of drug-likeness (QED) is 0.705. The number of carbonyl (C=O) groups is 1. The van der Waals surface area contributed by atoms with E-state index in [2.05, 4.69) is 5.32 Å². The molecule has 0 saturated heterocycles. The number of para-hydroxylation sites is 1. The van der Waals surface area contributed by atoms with E-state index in [0.29, 0.717) is 11.3 Å². The van der Waals surface area contributed by atoms with Gasteiger partial charge in [-0.15, -0.1) is 0 Å². The van der Waals surface area contributed by atoms with E-state index in [0.717, 1.165) is 5.56 Å². The Bertz CT molecular complexity index is 1130. The van der Waals surface area contributed by atoms with Crippen LogP contribution >= 0.6 is 0 Å². The zero-order valence-electron chi connectivity index (χ0n) is 14.8. The summed E-state index contributed by atoms with van der Waals surface area (Å²) in [5.41, 5.74) is 1.72. The molecule has 1 aliphatic rings. The van der Waals surface area contributed by atoms with Crippen LogP contribution in [0.2, 0.25) is 0 Å². The van der Waals surface area contributed by atoms with Crippen molar-refractivity contribution in [1.82, 2.24) is 4.31 Å². The smallest absolute Gasteiger partial charge is 0.336 e. The predicted molar refractivity (Wildman–Crippen MR) is 105 cm³/mol. The van der Waals surface area contributed by atoms with Crippen LogP contribution in [0.5, 0.6) is 0 Å². The minimum absolute atomic E-state index is 0.0626. The molecule has 0 fully saturated rings. The highest BCUT2D eigenvalue weighted by Gasteiger charge is 2.40. The maximum absolute atomic E-state index is 13.4. The molecule has 7 heteroatoms. The van der Waals surface area contributed by atoms with E-state index in [1.54, 1.807) is 42.5 Å². The minimum atomic E-state index is -3.84. The fourth-order valence-electron chi connectivity index (χ4n) is 3.40. The van der Waals surface area contributed by atoms with Gasteiger partial charge in [0.05, 0.1) is 11.3 Å². The van der Waals surface area contributed by atoms with Gasteiger partial charge in [-0.05, 0) is 23.8 Å². The molecule has 3 aromatic carbocycles. The Kier molecular flexibility index (Phi) is 4.62. The Labute approximate surface area is 163 Å². The van der Waals surface area contributed by atoms with Crippen molar-refractivity contribution in [2.45, 2.75) is 17.6 Å². The highest BCUT2D eigenvalue weighted by Crippen LogP contribution is 2.39. The van der Waals surface area contributed by atoms with Gasteiger partial charge < -0.3 is 10.4 Å². The molecule has 0 aromatic heterocycles. The van der Waals surface area contributed by atoms with E-state index in [4.69, 9.17) is 0 Å². The van der Waals surface area contributed by atoms with Crippen LogP contribution < -0.4 is 5.32 Å². The maximum Gasteiger partial charge on any atom is 0.336 e. The largest absolute Gasteiger partial charge is 0.478 e. The van der Waals surface area contributed by atoms with E-state index >= 15 is 0 Å². The third-order valence-electron chi connectivity index (χ3n) is 4.72. The van der Waals surface area contributed by atoms with E-state index in [1.807, 2.05) is 30.3 Å². The second-order valence-corrected chi connectivity index (χ2v) is 8.33. The first kappa shape index (κ1) is 18.2. The predicted octanol–water partition coefficient (Wildman–Crippen LogP) is 3.70. The standard InChI is InChI=1S/C21H18N2O4S/c24-21(25)17-11-5-4-10-16(17)20-22-18-12-6-7-13-19(18)28(26,27)23(20)14-15-8-2-1-3-9-15/h1-13,20,22H,14H2,(H,24,25). The summed E-state index contributed by atoms with van der Waals surface area (Å²) in [6.07, 6.45) is -0.840. The molecular weight excluding hydrogens is 376 g/mol. The van der Waals surface area contributed by atoms with Crippen LogP contribution in [-0.4, -0.2) is 23.8 Å². The third-order valence-corrected chi connectivity index (χ3v) is 6.59. The van der Waals surface area contributed by atoms with Crippen LogP contribution in [0.25, 0.3) is 0 Å². The number of nitrogens with one attached hydrogen (secondary N) is 1. The van der Waals surface area contributed by atoms with Crippen LogP contribution in [0, 0.1) is 0 Å². The SMILES string of the molecule is O=C(O)c1ccccc1C1Nc2ccccc2S(=O)(=O)N1Cc1ccccc1. The number of carboxylic acids is 1. The molecule has 1 unspecified atom stereocenters. The maximum atomic E-state index is 13.4. The molecule has 0 bridgehead atoms. The van der Waals surface area contributed by atoms with E-state index in [9.17, 15) is 18.3 Å². The molecule has 0 radical (unpaired) electrons. The molecule has 0 aliphatic carbocycles. The van der Waals surface area contributed by atoms with E-state index < -0.39 is 22.2 Å². The summed E-state index contributed by atoms with van der Waals surface area (Å²) in [7, 11) is -3.84. The van der Waals surface area contributed by atoms with Crippen molar-refractivity contribution in [1.29, 1.82) is 0 Å². The monoisotopic (exact) mass is 394 g/mol. The molecule has 1 heterocycles. The van der Waals surface area contributed by atoms with Gasteiger partial charge in [0, 0.05) is 12.1 Å². The Hall–Kier alpha value is -3.16. The van der Waals surface area contributed by atoms with Gasteiger partial charge in [0.25, 0.3) is 0 Å². The first-order chi connectivity index (χ1) is 13.5. The summed E-state index contributed by atoms with van der Waals surface area (Å²) in [6, 6.07) is 22.3. The molecule has 0 spiro atoms. The van der Waals surface area contributed by atoms with Gasteiger partial charge in [0.15, 0.2) is 0 Å². The highest BCUT2D eigenvalue weighted by molar-refractivity contribution is 7.89. The van der Waals surface area contributed by atoms with Gasteiger partial charge in [-0.1, -0.05) is 60.7 Å². The van der Waals surface area contributed by atoms with Gasteiger partial charge >= 0.3 is 5.97 Å². The van der Waals surface area contributed by atoms with Crippen molar-refractivity contribution >= 4 is 21.7 Å². The first-order valence-corrected chi connectivity index (χ1v) is 10.2. The van der Waals surface area contributed by atoms with Crippen LogP contribution in [0.1, 0.15) is 27.7 Å². The summed E-state index contributed by atoms with van der Waals surface area (Å²) in [4.78, 5) is 11.9. The number of anilines is 1. The van der Waals surface area contributed by atoms with E-state index in [1.165, 1.54) is 10.4 Å². The molecule has 28 heavy (non-hydrogen) atoms. The van der Waals surface area contributed by atoms with Crippen molar-refractivity contribution in [2.75, 3.05) is 5.32 Å². The van der Waals surface area contributed by atoms with Crippen molar-refractivity contribution in [3.8, 4) is 0 Å². The summed E-state index contributed by atoms with van der Waals surface area (Å²) in [5, 5.41) is 12.8.